The van der Waals surface area contributed by atoms with Crippen LogP contribution in [0.1, 0.15) is 32.1 Å². The van der Waals surface area contributed by atoms with Gasteiger partial charge in [0.15, 0.2) is 0 Å². The average molecular weight is 386 g/mol. The number of amides is 2. The fourth-order valence-electron chi connectivity index (χ4n) is 3.44. The van der Waals surface area contributed by atoms with Crippen LogP contribution in [-0.2, 0) is 10.0 Å². The van der Waals surface area contributed by atoms with Gasteiger partial charge in [-0.25, -0.2) is 13.2 Å². The van der Waals surface area contributed by atoms with Gasteiger partial charge in [-0.15, -0.1) is 0 Å². The molecule has 6 nitrogen and oxygen atoms in total. The van der Waals surface area contributed by atoms with Crippen molar-refractivity contribution in [1.29, 1.82) is 0 Å². The number of nitrogens with one attached hydrogen (secondary N) is 1. The Hall–Kier alpha value is -1.31. The van der Waals surface area contributed by atoms with E-state index < -0.39 is 10.0 Å². The largest absolute Gasteiger partial charge is 0.335 e. The first-order valence-electron chi connectivity index (χ1n) is 8.78. The van der Waals surface area contributed by atoms with Gasteiger partial charge in [-0.1, -0.05) is 43.0 Å². The summed E-state index contributed by atoms with van der Waals surface area (Å²) in [5, 5.41) is 3.30. The zero-order valence-electron chi connectivity index (χ0n) is 14.2. The van der Waals surface area contributed by atoms with Gasteiger partial charge in [-0.3, -0.25) is 0 Å². The molecule has 0 spiro atoms. The normalized spacial score (nSPS) is 20.4. The van der Waals surface area contributed by atoms with Crippen LogP contribution in [0.25, 0.3) is 0 Å². The maximum absolute atomic E-state index is 12.7. The Morgan fingerprint density at radius 1 is 1.04 bits per heavy atom. The lowest BCUT2D eigenvalue weighted by Crippen LogP contribution is -2.54. The Morgan fingerprint density at radius 3 is 2.32 bits per heavy atom. The monoisotopic (exact) mass is 385 g/mol. The minimum atomic E-state index is -3.63. The SMILES string of the molecule is O=C(NC1CCCCC1)N1CCN(S(=O)(=O)c2ccccc2Cl)CC1. The van der Waals surface area contributed by atoms with Crippen molar-refractivity contribution in [2.75, 3.05) is 26.2 Å². The van der Waals surface area contributed by atoms with E-state index in [-0.39, 0.29) is 35.1 Å². The predicted octanol–water partition coefficient (Wildman–Crippen LogP) is 2.69. The molecule has 0 radical (unpaired) electrons. The number of carbonyl (C=O) groups is 1. The molecule has 0 aromatic heterocycles. The zero-order valence-corrected chi connectivity index (χ0v) is 15.7. The molecular formula is C17H24ClN3O3S. The molecule has 2 fully saturated rings. The Balaban J connectivity index is 1.58. The predicted molar refractivity (Wildman–Crippen MR) is 97.2 cm³/mol. The molecule has 0 unspecified atom stereocenters. The van der Waals surface area contributed by atoms with E-state index in [9.17, 15) is 13.2 Å². The maximum Gasteiger partial charge on any atom is 0.317 e. The second-order valence-corrected chi connectivity index (χ2v) is 8.92. The zero-order chi connectivity index (χ0) is 17.9. The molecule has 138 valence electrons. The standard InChI is InChI=1S/C17H24ClN3O3S/c18-15-8-4-5-9-16(15)25(23,24)21-12-10-20(11-13-21)17(22)19-14-6-2-1-3-7-14/h4-5,8-9,14H,1-3,6-7,10-13H2,(H,19,22). The van der Waals surface area contributed by atoms with Gasteiger partial charge in [0.1, 0.15) is 4.90 Å². The number of nitrogens with zero attached hydrogens (tertiary/aromatic N) is 2. The lowest BCUT2D eigenvalue weighted by molar-refractivity contribution is 0.166. The first kappa shape index (κ1) is 18.5. The Bertz CT molecular complexity index is 712. The highest BCUT2D eigenvalue weighted by Crippen LogP contribution is 2.25. The van der Waals surface area contributed by atoms with E-state index in [4.69, 9.17) is 11.6 Å². The fourth-order valence-corrected chi connectivity index (χ4v) is 5.35. The summed E-state index contributed by atoms with van der Waals surface area (Å²) < 4.78 is 26.8. The molecule has 1 heterocycles. The number of sulfonamides is 1. The minimum absolute atomic E-state index is 0.0818. The summed E-state index contributed by atoms with van der Waals surface area (Å²) in [5.74, 6) is 0. The molecular weight excluding hydrogens is 362 g/mol. The smallest absolute Gasteiger partial charge is 0.317 e. The lowest BCUT2D eigenvalue weighted by Gasteiger charge is -2.35. The first-order chi connectivity index (χ1) is 12.0. The Labute approximate surface area is 154 Å². The Morgan fingerprint density at radius 2 is 1.68 bits per heavy atom. The number of halogens is 1. The molecule has 2 aliphatic rings. The van der Waals surface area contributed by atoms with E-state index in [1.807, 2.05) is 0 Å². The molecule has 1 aliphatic carbocycles. The van der Waals surface area contributed by atoms with Gasteiger partial charge >= 0.3 is 6.03 Å². The van der Waals surface area contributed by atoms with Crippen LogP contribution < -0.4 is 5.32 Å². The van der Waals surface area contributed by atoms with E-state index in [1.165, 1.54) is 16.8 Å². The quantitative estimate of drug-likeness (QED) is 0.869. The summed E-state index contributed by atoms with van der Waals surface area (Å²) in [6.07, 6.45) is 5.63. The number of hydrogen-bond acceptors (Lipinski definition) is 3. The average Bonchev–Trinajstić information content (AvgIpc) is 2.63. The van der Waals surface area contributed by atoms with Crippen molar-refractivity contribution in [3.8, 4) is 0 Å². The van der Waals surface area contributed by atoms with Crippen LogP contribution in [0.2, 0.25) is 5.02 Å². The highest BCUT2D eigenvalue weighted by Gasteiger charge is 2.31. The van der Waals surface area contributed by atoms with Gasteiger partial charge in [0.2, 0.25) is 10.0 Å². The second kappa shape index (κ2) is 7.93. The summed E-state index contributed by atoms with van der Waals surface area (Å²) >= 11 is 6.04. The van der Waals surface area contributed by atoms with Gasteiger partial charge in [0.05, 0.1) is 5.02 Å². The summed E-state index contributed by atoms with van der Waals surface area (Å²) in [5.41, 5.74) is 0. The van der Waals surface area contributed by atoms with Crippen molar-refractivity contribution >= 4 is 27.7 Å². The molecule has 1 aliphatic heterocycles. The van der Waals surface area contributed by atoms with E-state index in [0.717, 1.165) is 25.7 Å². The number of urea groups is 1. The first-order valence-corrected chi connectivity index (χ1v) is 10.6. The van der Waals surface area contributed by atoms with E-state index >= 15 is 0 Å². The third kappa shape index (κ3) is 4.27. The number of rotatable bonds is 3. The van der Waals surface area contributed by atoms with Crippen molar-refractivity contribution in [2.24, 2.45) is 0 Å². The van der Waals surface area contributed by atoms with Crippen LogP contribution >= 0.6 is 11.6 Å². The van der Waals surface area contributed by atoms with Crippen molar-refractivity contribution in [3.05, 3.63) is 29.3 Å². The third-order valence-electron chi connectivity index (χ3n) is 4.91. The molecule has 8 heteroatoms. The summed E-state index contributed by atoms with van der Waals surface area (Å²) in [7, 11) is -3.63. The number of piperazine rings is 1. The van der Waals surface area contributed by atoms with Crippen LogP contribution in [0, 0.1) is 0 Å². The van der Waals surface area contributed by atoms with Crippen LogP contribution in [0.15, 0.2) is 29.2 Å². The molecule has 3 rings (SSSR count). The molecule has 0 bridgehead atoms. The Kier molecular flexibility index (Phi) is 5.86. The van der Waals surface area contributed by atoms with Crippen LogP contribution in [0.4, 0.5) is 4.79 Å². The van der Waals surface area contributed by atoms with Gasteiger partial charge in [0, 0.05) is 32.2 Å². The molecule has 1 aromatic rings. The highest BCUT2D eigenvalue weighted by molar-refractivity contribution is 7.89. The van der Waals surface area contributed by atoms with E-state index in [0.29, 0.717) is 13.1 Å². The maximum atomic E-state index is 12.7. The van der Waals surface area contributed by atoms with E-state index in [2.05, 4.69) is 5.32 Å². The van der Waals surface area contributed by atoms with E-state index in [1.54, 1.807) is 23.1 Å². The van der Waals surface area contributed by atoms with Crippen molar-refractivity contribution in [2.45, 2.75) is 43.0 Å². The second-order valence-electron chi connectivity index (χ2n) is 6.61. The van der Waals surface area contributed by atoms with Crippen LogP contribution in [-0.4, -0.2) is 55.9 Å². The molecule has 1 saturated carbocycles. The molecule has 25 heavy (non-hydrogen) atoms. The van der Waals surface area contributed by atoms with Gasteiger partial charge in [0.25, 0.3) is 0 Å². The summed E-state index contributed by atoms with van der Waals surface area (Å²) in [6.45, 7) is 1.35. The van der Waals surface area contributed by atoms with Crippen molar-refractivity contribution in [1.82, 2.24) is 14.5 Å². The molecule has 1 saturated heterocycles. The molecule has 2 amide bonds. The van der Waals surface area contributed by atoms with Crippen molar-refractivity contribution in [3.63, 3.8) is 0 Å². The van der Waals surface area contributed by atoms with Gasteiger partial charge in [-0.2, -0.15) is 4.31 Å². The number of carbonyl (C=O) groups excluding carboxylic acids is 1. The third-order valence-corrected chi connectivity index (χ3v) is 7.31. The minimum Gasteiger partial charge on any atom is -0.335 e. The molecule has 1 aromatic carbocycles. The topological polar surface area (TPSA) is 69.7 Å². The van der Waals surface area contributed by atoms with Crippen LogP contribution in [0.3, 0.4) is 0 Å². The van der Waals surface area contributed by atoms with Gasteiger partial charge in [-0.05, 0) is 25.0 Å². The summed E-state index contributed by atoms with van der Waals surface area (Å²) in [4.78, 5) is 14.2. The lowest BCUT2D eigenvalue weighted by atomic mass is 9.96. The number of benzene rings is 1. The summed E-state index contributed by atoms with van der Waals surface area (Å²) in [6, 6.07) is 6.62. The molecule has 1 N–H and O–H groups in total. The highest BCUT2D eigenvalue weighted by atomic mass is 35.5. The fraction of sp³-hybridized carbons (Fsp3) is 0.588. The molecule has 0 atom stereocenters. The van der Waals surface area contributed by atoms with Gasteiger partial charge < -0.3 is 10.2 Å². The van der Waals surface area contributed by atoms with Crippen molar-refractivity contribution < 1.29 is 13.2 Å². The van der Waals surface area contributed by atoms with Crippen LogP contribution in [0.5, 0.6) is 0 Å². The number of hydrogen-bond donors (Lipinski definition) is 1.